The molecule has 0 radical (unpaired) electrons. The third-order valence-corrected chi connectivity index (χ3v) is 3.15. The average molecular weight is 268 g/mol. The maximum Gasteiger partial charge on any atom is 0.322 e. The van der Waals surface area contributed by atoms with E-state index in [-0.39, 0.29) is 17.9 Å². The Labute approximate surface area is 109 Å². The largest absolute Gasteiger partial charge is 0.391 e. The van der Waals surface area contributed by atoms with Crippen molar-refractivity contribution >= 4 is 11.6 Å². The first kappa shape index (κ1) is 13.5. The number of rotatable bonds is 4. The van der Waals surface area contributed by atoms with Gasteiger partial charge in [0.1, 0.15) is 5.69 Å². The van der Waals surface area contributed by atoms with Crippen LogP contribution in [0.25, 0.3) is 0 Å². The minimum atomic E-state index is -0.575. The van der Waals surface area contributed by atoms with Crippen LogP contribution in [0.15, 0.2) is 0 Å². The molecule has 8 nitrogen and oxygen atoms in total. The van der Waals surface area contributed by atoms with E-state index >= 15 is 0 Å². The van der Waals surface area contributed by atoms with Crippen molar-refractivity contribution in [2.45, 2.75) is 32.3 Å². The lowest BCUT2D eigenvalue weighted by Crippen LogP contribution is -2.30. The third-order valence-electron chi connectivity index (χ3n) is 3.15. The summed E-state index contributed by atoms with van der Waals surface area (Å²) in [5, 5.41) is 26.9. The van der Waals surface area contributed by atoms with E-state index in [9.17, 15) is 20.0 Å². The van der Waals surface area contributed by atoms with E-state index in [1.54, 1.807) is 0 Å². The van der Waals surface area contributed by atoms with Gasteiger partial charge in [-0.1, -0.05) is 13.3 Å². The molecular formula is C11H16N4O4. The summed E-state index contributed by atoms with van der Waals surface area (Å²) in [5.74, 6) is -0.498. The fraction of sp³-hybridized carbons (Fsp3) is 0.636. The van der Waals surface area contributed by atoms with E-state index in [2.05, 4.69) is 10.2 Å². The zero-order valence-corrected chi connectivity index (χ0v) is 10.6. The average Bonchev–Trinajstić information content (AvgIpc) is 2.95. The molecule has 2 rings (SSSR count). The molecule has 1 aromatic rings. The highest BCUT2D eigenvalue weighted by molar-refractivity contribution is 5.96. The molecule has 1 amide bonds. The number of nitrogens with zero attached hydrogens (tertiary/aromatic N) is 3. The summed E-state index contributed by atoms with van der Waals surface area (Å²) in [6.45, 7) is 2.49. The zero-order chi connectivity index (χ0) is 14.0. The second-order valence-electron chi connectivity index (χ2n) is 4.60. The summed E-state index contributed by atoms with van der Waals surface area (Å²) in [7, 11) is 0. The highest BCUT2D eigenvalue weighted by atomic mass is 16.6. The Balaban J connectivity index is 2.29. The van der Waals surface area contributed by atoms with Crippen LogP contribution in [-0.4, -0.2) is 50.2 Å². The first-order valence-corrected chi connectivity index (χ1v) is 6.23. The zero-order valence-electron chi connectivity index (χ0n) is 10.6. The summed E-state index contributed by atoms with van der Waals surface area (Å²) < 4.78 is 0. The number of hydrogen-bond donors (Lipinski definition) is 2. The van der Waals surface area contributed by atoms with E-state index in [1.807, 2.05) is 6.92 Å². The molecule has 19 heavy (non-hydrogen) atoms. The Morgan fingerprint density at radius 2 is 2.42 bits per heavy atom. The van der Waals surface area contributed by atoms with Crippen molar-refractivity contribution in [2.75, 3.05) is 13.1 Å². The standard InChI is InChI=1S/C11H16N4O4/c1-2-3-8-10(15(18)19)9(13-12-8)11(17)14-5-4-7(16)6-14/h7,16H,2-6H2,1H3,(H,12,13)/t7-/m1/s1. The number of aliphatic hydroxyl groups excluding tert-OH is 1. The van der Waals surface area contributed by atoms with Crippen LogP contribution in [0.1, 0.15) is 35.9 Å². The maximum absolute atomic E-state index is 12.2. The van der Waals surface area contributed by atoms with Gasteiger partial charge in [0, 0.05) is 13.1 Å². The molecule has 0 saturated carbocycles. The van der Waals surface area contributed by atoms with Crippen LogP contribution in [0, 0.1) is 10.1 Å². The number of aromatic nitrogens is 2. The van der Waals surface area contributed by atoms with Crippen LogP contribution >= 0.6 is 0 Å². The molecule has 1 aromatic heterocycles. The Morgan fingerprint density at radius 3 is 2.95 bits per heavy atom. The van der Waals surface area contributed by atoms with Gasteiger partial charge < -0.3 is 10.0 Å². The molecule has 0 aliphatic carbocycles. The number of carbonyl (C=O) groups excluding carboxylic acids is 1. The highest BCUT2D eigenvalue weighted by Crippen LogP contribution is 2.25. The Morgan fingerprint density at radius 1 is 1.68 bits per heavy atom. The number of nitro groups is 1. The van der Waals surface area contributed by atoms with Gasteiger partial charge in [0.25, 0.3) is 5.91 Å². The van der Waals surface area contributed by atoms with Crippen LogP contribution in [-0.2, 0) is 6.42 Å². The number of H-pyrrole nitrogens is 1. The van der Waals surface area contributed by atoms with Gasteiger partial charge in [-0.2, -0.15) is 5.10 Å². The van der Waals surface area contributed by atoms with Gasteiger partial charge in [0.05, 0.1) is 11.0 Å². The van der Waals surface area contributed by atoms with Crippen molar-refractivity contribution in [2.24, 2.45) is 0 Å². The van der Waals surface area contributed by atoms with Crippen molar-refractivity contribution in [1.82, 2.24) is 15.1 Å². The summed E-state index contributed by atoms with van der Waals surface area (Å²) in [4.78, 5) is 24.1. The molecule has 1 fully saturated rings. The molecule has 2 N–H and O–H groups in total. The molecule has 104 valence electrons. The van der Waals surface area contributed by atoms with Crippen molar-refractivity contribution in [3.05, 3.63) is 21.5 Å². The van der Waals surface area contributed by atoms with Crippen LogP contribution < -0.4 is 0 Å². The van der Waals surface area contributed by atoms with Crippen molar-refractivity contribution in [1.29, 1.82) is 0 Å². The number of aromatic amines is 1. The first-order chi connectivity index (χ1) is 9.04. The van der Waals surface area contributed by atoms with Gasteiger partial charge in [-0.05, 0) is 12.8 Å². The molecule has 2 heterocycles. The maximum atomic E-state index is 12.2. The molecular weight excluding hydrogens is 252 g/mol. The number of aliphatic hydroxyl groups is 1. The van der Waals surface area contributed by atoms with E-state index < -0.39 is 16.9 Å². The topological polar surface area (TPSA) is 112 Å². The molecule has 0 spiro atoms. The van der Waals surface area contributed by atoms with Gasteiger partial charge in [-0.15, -0.1) is 0 Å². The smallest absolute Gasteiger partial charge is 0.322 e. The van der Waals surface area contributed by atoms with Crippen LogP contribution in [0.5, 0.6) is 0 Å². The van der Waals surface area contributed by atoms with E-state index in [0.717, 1.165) is 6.42 Å². The number of likely N-dealkylation sites (tertiary alicyclic amines) is 1. The monoisotopic (exact) mass is 268 g/mol. The molecule has 0 aromatic carbocycles. The fourth-order valence-corrected chi connectivity index (χ4v) is 2.22. The minimum absolute atomic E-state index is 0.164. The predicted octanol–water partition coefficient (Wildman–Crippen LogP) is 0.477. The van der Waals surface area contributed by atoms with Crippen LogP contribution in [0.3, 0.4) is 0 Å². The summed E-state index contributed by atoms with van der Waals surface area (Å²) >= 11 is 0. The normalized spacial score (nSPS) is 18.8. The van der Waals surface area contributed by atoms with Gasteiger partial charge >= 0.3 is 5.69 Å². The molecule has 8 heteroatoms. The summed E-state index contributed by atoms with van der Waals surface area (Å²) in [6.07, 6.45) is 1.13. The molecule has 1 aliphatic heterocycles. The third kappa shape index (κ3) is 2.58. The van der Waals surface area contributed by atoms with E-state index in [0.29, 0.717) is 25.1 Å². The summed E-state index contributed by atoms with van der Waals surface area (Å²) in [6, 6.07) is 0. The Hall–Kier alpha value is -1.96. The lowest BCUT2D eigenvalue weighted by atomic mass is 10.2. The van der Waals surface area contributed by atoms with E-state index in [1.165, 1.54) is 4.90 Å². The molecule has 0 bridgehead atoms. The van der Waals surface area contributed by atoms with Gasteiger partial charge in [-0.3, -0.25) is 20.0 Å². The Kier molecular flexibility index (Phi) is 3.79. The van der Waals surface area contributed by atoms with E-state index in [4.69, 9.17) is 0 Å². The number of nitrogens with one attached hydrogen (secondary N) is 1. The first-order valence-electron chi connectivity index (χ1n) is 6.23. The summed E-state index contributed by atoms with van der Waals surface area (Å²) in [5.41, 5.74) is -0.0358. The van der Waals surface area contributed by atoms with Crippen LogP contribution in [0.4, 0.5) is 5.69 Å². The van der Waals surface area contributed by atoms with Crippen molar-refractivity contribution in [3.8, 4) is 0 Å². The molecule has 1 atom stereocenters. The minimum Gasteiger partial charge on any atom is -0.391 e. The molecule has 1 saturated heterocycles. The van der Waals surface area contributed by atoms with Crippen molar-refractivity contribution in [3.63, 3.8) is 0 Å². The predicted molar refractivity (Wildman–Crippen MR) is 65.8 cm³/mol. The number of hydrogen-bond acceptors (Lipinski definition) is 5. The lowest BCUT2D eigenvalue weighted by Gasteiger charge is -2.13. The van der Waals surface area contributed by atoms with Gasteiger partial charge in [-0.25, -0.2) is 0 Å². The molecule has 1 aliphatic rings. The number of carbonyl (C=O) groups is 1. The van der Waals surface area contributed by atoms with Gasteiger partial charge in [0.15, 0.2) is 0 Å². The lowest BCUT2D eigenvalue weighted by molar-refractivity contribution is -0.385. The van der Waals surface area contributed by atoms with Crippen molar-refractivity contribution < 1.29 is 14.8 Å². The fourth-order valence-electron chi connectivity index (χ4n) is 2.22. The number of aryl methyl sites for hydroxylation is 1. The SMILES string of the molecule is CCCc1[nH]nc(C(=O)N2CC[C@@H](O)C2)c1[N+](=O)[O-]. The quantitative estimate of drug-likeness (QED) is 0.609. The van der Waals surface area contributed by atoms with Crippen LogP contribution in [0.2, 0.25) is 0 Å². The van der Waals surface area contributed by atoms with Gasteiger partial charge in [0.2, 0.25) is 5.69 Å². The second-order valence-corrected chi connectivity index (χ2v) is 4.60. The highest BCUT2D eigenvalue weighted by Gasteiger charge is 2.34. The second kappa shape index (κ2) is 5.35. The number of β-amino-alcohol motifs (C(OH)–C–C–N with tert-alkyl or cyclic N) is 1. The number of amides is 1. The Bertz CT molecular complexity index is 499. The molecule has 0 unspecified atom stereocenters.